The number of rotatable bonds is 4. The second-order valence-corrected chi connectivity index (χ2v) is 7.37. The van der Waals surface area contributed by atoms with Gasteiger partial charge in [0, 0.05) is 18.8 Å². The lowest BCUT2D eigenvalue weighted by molar-refractivity contribution is 0.0604. The van der Waals surface area contributed by atoms with E-state index in [4.69, 9.17) is 0 Å². The van der Waals surface area contributed by atoms with Crippen LogP contribution in [0.3, 0.4) is 0 Å². The summed E-state index contributed by atoms with van der Waals surface area (Å²) in [5.74, 6) is 1.65. The Morgan fingerprint density at radius 1 is 1.16 bits per heavy atom. The van der Waals surface area contributed by atoms with Crippen LogP contribution in [0.2, 0.25) is 0 Å². The maximum atomic E-state index is 4.27. The minimum Gasteiger partial charge on any atom is -0.375 e. The van der Waals surface area contributed by atoms with Crippen LogP contribution < -0.4 is 0 Å². The van der Waals surface area contributed by atoms with Gasteiger partial charge in [-0.05, 0) is 55.8 Å². The number of hydrogen-bond donors (Lipinski definition) is 0. The monoisotopic (exact) mass is 263 g/mol. The van der Waals surface area contributed by atoms with Gasteiger partial charge in [0.15, 0.2) is 0 Å². The lowest BCUT2D eigenvalue weighted by Crippen LogP contribution is -2.42. The van der Waals surface area contributed by atoms with Gasteiger partial charge in [-0.25, -0.2) is 0 Å². The number of piperidine rings is 1. The Hall–Kier alpha value is -0.460. The topological polar surface area (TPSA) is 3.24 Å². The molecule has 2 aliphatic rings. The molecule has 19 heavy (non-hydrogen) atoms. The molecule has 1 heterocycles. The van der Waals surface area contributed by atoms with Crippen LogP contribution in [0.4, 0.5) is 0 Å². The molecule has 0 N–H and O–H groups in total. The molecule has 0 aromatic carbocycles. The average molecular weight is 263 g/mol. The lowest BCUT2D eigenvalue weighted by Gasteiger charge is -2.47. The lowest BCUT2D eigenvalue weighted by atomic mass is 9.65. The van der Waals surface area contributed by atoms with E-state index < -0.39 is 0 Å². The zero-order valence-electron chi connectivity index (χ0n) is 13.4. The quantitative estimate of drug-likeness (QED) is 0.671. The normalized spacial score (nSPS) is 24.1. The van der Waals surface area contributed by atoms with Crippen LogP contribution in [0.5, 0.6) is 0 Å². The average Bonchev–Trinajstić information content (AvgIpc) is 2.42. The van der Waals surface area contributed by atoms with Crippen molar-refractivity contribution < 1.29 is 0 Å². The van der Waals surface area contributed by atoms with Crippen LogP contribution in [0, 0.1) is 17.3 Å². The van der Waals surface area contributed by atoms with Crippen molar-refractivity contribution >= 4 is 0 Å². The van der Waals surface area contributed by atoms with Crippen LogP contribution >= 0.6 is 0 Å². The molecule has 0 radical (unpaired) electrons. The molecule has 110 valence electrons. The van der Waals surface area contributed by atoms with Gasteiger partial charge in [0.25, 0.3) is 0 Å². The van der Waals surface area contributed by atoms with Crippen molar-refractivity contribution in [3.05, 3.63) is 12.3 Å². The maximum absolute atomic E-state index is 4.27. The molecular formula is C18H33N. The molecule has 1 aliphatic carbocycles. The fraction of sp³-hybridized carbons (Fsp3) is 0.889. The molecule has 0 atom stereocenters. The summed E-state index contributed by atoms with van der Waals surface area (Å²) in [5.41, 5.74) is 2.06. The summed E-state index contributed by atoms with van der Waals surface area (Å²) in [5, 5.41) is 0. The minimum absolute atomic E-state index is 0.606. The molecule has 1 nitrogen and oxygen atoms in total. The predicted molar refractivity (Wildman–Crippen MR) is 84.1 cm³/mol. The summed E-state index contributed by atoms with van der Waals surface area (Å²) in [7, 11) is 0. The molecule has 1 saturated heterocycles. The summed E-state index contributed by atoms with van der Waals surface area (Å²) in [6, 6.07) is 0. The molecule has 0 amide bonds. The second-order valence-electron chi connectivity index (χ2n) is 7.37. The van der Waals surface area contributed by atoms with E-state index in [1.54, 1.807) is 0 Å². The van der Waals surface area contributed by atoms with Gasteiger partial charge in [-0.15, -0.1) is 0 Å². The number of hydrogen-bond acceptors (Lipinski definition) is 1. The molecule has 2 rings (SSSR count). The Balaban J connectivity index is 1.82. The first-order valence-corrected chi connectivity index (χ1v) is 8.50. The zero-order chi connectivity index (χ0) is 13.9. The van der Waals surface area contributed by atoms with Gasteiger partial charge in [-0.3, -0.25) is 0 Å². The summed E-state index contributed by atoms with van der Waals surface area (Å²) in [6.07, 6.45) is 11.7. The SMILES string of the molecule is C=C(C(C)C)N1CCC2(CCC(CCC)CC2)CC1. The van der Waals surface area contributed by atoms with Crippen LogP contribution in [-0.2, 0) is 0 Å². The Labute approximate surface area is 120 Å². The first kappa shape index (κ1) is 14.9. The van der Waals surface area contributed by atoms with Crippen molar-refractivity contribution in [1.29, 1.82) is 0 Å². The smallest absolute Gasteiger partial charge is 0.0180 e. The van der Waals surface area contributed by atoms with Gasteiger partial charge in [0.05, 0.1) is 0 Å². The van der Waals surface area contributed by atoms with Crippen LogP contribution in [0.25, 0.3) is 0 Å². The molecule has 0 unspecified atom stereocenters. The third kappa shape index (κ3) is 3.55. The van der Waals surface area contributed by atoms with Crippen molar-refractivity contribution in [2.24, 2.45) is 17.3 Å². The van der Waals surface area contributed by atoms with E-state index >= 15 is 0 Å². The molecule has 1 spiro atoms. The third-order valence-electron chi connectivity index (χ3n) is 5.76. The summed E-state index contributed by atoms with van der Waals surface area (Å²) >= 11 is 0. The van der Waals surface area contributed by atoms with Gasteiger partial charge in [-0.1, -0.05) is 40.2 Å². The van der Waals surface area contributed by atoms with Gasteiger partial charge in [0.2, 0.25) is 0 Å². The highest BCUT2D eigenvalue weighted by Gasteiger charge is 2.38. The van der Waals surface area contributed by atoms with Gasteiger partial charge in [-0.2, -0.15) is 0 Å². The van der Waals surface area contributed by atoms with Crippen LogP contribution in [0.15, 0.2) is 12.3 Å². The molecule has 1 heteroatoms. The summed E-state index contributed by atoms with van der Waals surface area (Å²) in [4.78, 5) is 2.55. The van der Waals surface area contributed by atoms with Gasteiger partial charge in [0.1, 0.15) is 0 Å². The van der Waals surface area contributed by atoms with Crippen molar-refractivity contribution in [3.8, 4) is 0 Å². The van der Waals surface area contributed by atoms with E-state index in [0.29, 0.717) is 11.3 Å². The highest BCUT2D eigenvalue weighted by Crippen LogP contribution is 2.47. The Kier molecular flexibility index (Phi) is 4.97. The van der Waals surface area contributed by atoms with E-state index in [0.717, 1.165) is 5.92 Å². The molecule has 2 fully saturated rings. The first-order chi connectivity index (χ1) is 9.06. The number of likely N-dealkylation sites (tertiary alicyclic amines) is 1. The Morgan fingerprint density at radius 2 is 1.74 bits per heavy atom. The number of nitrogens with zero attached hydrogens (tertiary/aromatic N) is 1. The van der Waals surface area contributed by atoms with Crippen molar-refractivity contribution in [1.82, 2.24) is 4.90 Å². The molecule has 0 aromatic rings. The standard InChI is InChI=1S/C18H33N/c1-5-6-17-7-9-18(10-8-17)11-13-19(14-12-18)16(4)15(2)3/h15,17H,4-14H2,1-3H3. The van der Waals surface area contributed by atoms with E-state index in [-0.39, 0.29) is 0 Å². The van der Waals surface area contributed by atoms with Crippen molar-refractivity contribution in [2.75, 3.05) is 13.1 Å². The van der Waals surface area contributed by atoms with E-state index in [9.17, 15) is 0 Å². The summed E-state index contributed by atoms with van der Waals surface area (Å²) < 4.78 is 0. The van der Waals surface area contributed by atoms with Crippen LogP contribution in [-0.4, -0.2) is 18.0 Å². The van der Waals surface area contributed by atoms with E-state index in [1.807, 2.05) is 0 Å². The van der Waals surface area contributed by atoms with Crippen molar-refractivity contribution in [3.63, 3.8) is 0 Å². The Bertz CT molecular complexity index is 287. The molecule has 0 bridgehead atoms. The van der Waals surface area contributed by atoms with Gasteiger partial charge >= 0.3 is 0 Å². The van der Waals surface area contributed by atoms with Gasteiger partial charge < -0.3 is 4.90 Å². The molecule has 1 aliphatic heterocycles. The highest BCUT2D eigenvalue weighted by molar-refractivity contribution is 5.01. The third-order valence-corrected chi connectivity index (χ3v) is 5.76. The predicted octanol–water partition coefficient (Wildman–Crippen LogP) is 5.23. The van der Waals surface area contributed by atoms with Crippen LogP contribution in [0.1, 0.15) is 72.1 Å². The number of allylic oxidation sites excluding steroid dienone is 1. The zero-order valence-corrected chi connectivity index (χ0v) is 13.4. The van der Waals surface area contributed by atoms with E-state index in [1.165, 1.54) is 70.2 Å². The summed E-state index contributed by atoms with van der Waals surface area (Å²) in [6.45, 7) is 13.7. The minimum atomic E-state index is 0.606. The first-order valence-electron chi connectivity index (χ1n) is 8.50. The fourth-order valence-corrected chi connectivity index (χ4v) is 4.12. The second kappa shape index (κ2) is 6.33. The fourth-order valence-electron chi connectivity index (χ4n) is 4.12. The van der Waals surface area contributed by atoms with E-state index in [2.05, 4.69) is 32.3 Å². The maximum Gasteiger partial charge on any atom is 0.0180 e. The Morgan fingerprint density at radius 3 is 2.21 bits per heavy atom. The molecule has 0 aromatic heterocycles. The molecular weight excluding hydrogens is 230 g/mol. The highest BCUT2D eigenvalue weighted by atomic mass is 15.1. The molecule has 1 saturated carbocycles. The van der Waals surface area contributed by atoms with Crippen molar-refractivity contribution in [2.45, 2.75) is 72.1 Å². The largest absolute Gasteiger partial charge is 0.375 e.